The molecule has 28 heavy (non-hydrogen) atoms. The number of nitrogens with one attached hydrogen (secondary N) is 1. The highest BCUT2D eigenvalue weighted by Crippen LogP contribution is 2.37. The summed E-state index contributed by atoms with van der Waals surface area (Å²) in [6, 6.07) is 8.32. The van der Waals surface area contributed by atoms with Gasteiger partial charge in [0.1, 0.15) is 10.8 Å². The van der Waals surface area contributed by atoms with Crippen molar-refractivity contribution in [2.45, 2.75) is 39.2 Å². The molecule has 0 saturated heterocycles. The van der Waals surface area contributed by atoms with Gasteiger partial charge in [0, 0.05) is 13.0 Å². The third kappa shape index (κ3) is 3.91. The Labute approximate surface area is 167 Å². The van der Waals surface area contributed by atoms with E-state index in [4.69, 9.17) is 15.5 Å². The fraction of sp³-hybridized carbons (Fsp3) is 0.400. The summed E-state index contributed by atoms with van der Waals surface area (Å²) in [5.74, 6) is 1.11. The summed E-state index contributed by atoms with van der Waals surface area (Å²) in [7, 11) is 0. The third-order valence-corrected chi connectivity index (χ3v) is 6.07. The fourth-order valence-corrected chi connectivity index (χ4v) is 4.78. The van der Waals surface area contributed by atoms with E-state index < -0.39 is 0 Å². The molecule has 0 amide bonds. The highest BCUT2D eigenvalue weighted by atomic mass is 32.1. The quantitative estimate of drug-likeness (QED) is 0.631. The second-order valence-electron chi connectivity index (χ2n) is 7.20. The van der Waals surface area contributed by atoms with Gasteiger partial charge in [-0.1, -0.05) is 12.1 Å². The number of thiazole rings is 1. The highest BCUT2D eigenvalue weighted by molar-refractivity contribution is 7.21. The zero-order valence-corrected chi connectivity index (χ0v) is 16.8. The van der Waals surface area contributed by atoms with E-state index in [0.29, 0.717) is 12.5 Å². The van der Waals surface area contributed by atoms with E-state index in [9.17, 15) is 4.79 Å². The molecule has 2 heterocycles. The van der Waals surface area contributed by atoms with Crippen LogP contribution in [0.2, 0.25) is 0 Å². The summed E-state index contributed by atoms with van der Waals surface area (Å²) in [5, 5.41) is 4.43. The molecule has 0 radical (unpaired) electrons. The summed E-state index contributed by atoms with van der Waals surface area (Å²) in [6.07, 6.45) is 2.94. The number of para-hydroxylation sites is 1. The summed E-state index contributed by atoms with van der Waals surface area (Å²) < 4.78 is 6.30. The minimum atomic E-state index is -0.228. The number of fused-ring (bicyclic) bond motifs is 1. The Morgan fingerprint density at radius 3 is 2.89 bits per heavy atom. The van der Waals surface area contributed by atoms with Crippen LogP contribution in [-0.2, 0) is 9.53 Å². The van der Waals surface area contributed by atoms with Crippen LogP contribution in [0.15, 0.2) is 24.3 Å². The first-order chi connectivity index (χ1) is 13.5. The van der Waals surface area contributed by atoms with Gasteiger partial charge in [-0.25, -0.2) is 9.97 Å². The Kier molecular flexibility index (Phi) is 5.13. The Morgan fingerprint density at radius 1 is 1.29 bits per heavy atom. The maximum atomic E-state index is 11.0. The predicted octanol–water partition coefficient (Wildman–Crippen LogP) is 3.79. The van der Waals surface area contributed by atoms with E-state index in [0.717, 1.165) is 51.6 Å². The van der Waals surface area contributed by atoms with Crippen molar-refractivity contribution in [1.82, 2.24) is 15.0 Å². The number of hydrogen-bond donors (Lipinski definition) is 2. The van der Waals surface area contributed by atoms with Crippen molar-refractivity contribution in [3.63, 3.8) is 0 Å². The number of carbonyl (C=O) groups is 1. The van der Waals surface area contributed by atoms with Gasteiger partial charge < -0.3 is 15.8 Å². The zero-order valence-electron chi connectivity index (χ0n) is 15.9. The number of anilines is 2. The molecule has 4 rings (SSSR count). The minimum Gasteiger partial charge on any atom is -0.466 e. The average molecular weight is 398 g/mol. The lowest BCUT2D eigenvalue weighted by Crippen LogP contribution is -2.19. The van der Waals surface area contributed by atoms with Crippen LogP contribution in [-0.4, -0.2) is 33.6 Å². The molecule has 1 aliphatic carbocycles. The van der Waals surface area contributed by atoms with Crippen LogP contribution in [0.1, 0.15) is 31.9 Å². The summed E-state index contributed by atoms with van der Waals surface area (Å²) >= 11 is 1.62. The zero-order chi connectivity index (χ0) is 19.7. The van der Waals surface area contributed by atoms with Crippen LogP contribution in [0.3, 0.4) is 0 Å². The number of rotatable bonds is 5. The van der Waals surface area contributed by atoms with Crippen molar-refractivity contribution >= 4 is 39.3 Å². The van der Waals surface area contributed by atoms with Gasteiger partial charge in [-0.3, -0.25) is 4.79 Å². The van der Waals surface area contributed by atoms with Gasteiger partial charge in [0.05, 0.1) is 28.1 Å². The van der Waals surface area contributed by atoms with E-state index >= 15 is 0 Å². The molecule has 1 saturated carbocycles. The molecule has 0 unspecified atom stereocenters. The normalized spacial score (nSPS) is 19.1. The smallest absolute Gasteiger partial charge is 0.302 e. The molecule has 3 aromatic rings. The maximum Gasteiger partial charge on any atom is 0.302 e. The van der Waals surface area contributed by atoms with Gasteiger partial charge in [0.25, 0.3) is 0 Å². The van der Waals surface area contributed by atoms with E-state index in [1.807, 2.05) is 25.1 Å². The second kappa shape index (κ2) is 7.71. The number of benzene rings is 1. The van der Waals surface area contributed by atoms with E-state index in [2.05, 4.69) is 21.4 Å². The highest BCUT2D eigenvalue weighted by Gasteiger charge is 2.27. The molecule has 2 aromatic heterocycles. The molecule has 7 nitrogen and oxygen atoms in total. The van der Waals surface area contributed by atoms with Gasteiger partial charge in [0.2, 0.25) is 5.95 Å². The molecule has 0 bridgehead atoms. The molecular weight excluding hydrogens is 374 g/mol. The van der Waals surface area contributed by atoms with Gasteiger partial charge in [-0.15, -0.1) is 11.3 Å². The summed E-state index contributed by atoms with van der Waals surface area (Å²) in [6.45, 7) is 3.85. The Bertz CT molecular complexity index is 986. The standard InChI is InChI=1S/C20H23N5O2S/c1-11-17(19-24-15-5-3-4-6-16(15)28-19)18(25-20(21)22-11)23-14-8-7-13(9-14)10-27-12(2)26/h3-6,13-14H,7-10H2,1-2H3,(H3,21,22,23,25)/t13-,14+/m1/s1. The molecule has 8 heteroatoms. The number of nitrogens with two attached hydrogens (primary N) is 1. The number of esters is 1. The SMILES string of the molecule is CC(=O)OC[C@@H]1CC[C@H](Nc2nc(N)nc(C)c2-c2nc3ccccc3s2)C1. The number of aryl methyl sites for hydroxylation is 1. The number of hydrogen-bond acceptors (Lipinski definition) is 8. The van der Waals surface area contributed by atoms with Crippen LogP contribution in [0.25, 0.3) is 20.8 Å². The Balaban J connectivity index is 1.60. The first-order valence-corrected chi connectivity index (χ1v) is 10.2. The topological polar surface area (TPSA) is 103 Å². The first-order valence-electron chi connectivity index (χ1n) is 9.39. The number of nitrogen functional groups attached to an aromatic ring is 1. The second-order valence-corrected chi connectivity index (χ2v) is 8.23. The van der Waals surface area contributed by atoms with E-state index in [1.165, 1.54) is 6.92 Å². The fourth-order valence-electron chi connectivity index (χ4n) is 3.72. The Morgan fingerprint density at radius 2 is 2.11 bits per heavy atom. The van der Waals surface area contributed by atoms with Gasteiger partial charge in [0.15, 0.2) is 0 Å². The van der Waals surface area contributed by atoms with Crippen molar-refractivity contribution in [2.75, 3.05) is 17.7 Å². The van der Waals surface area contributed by atoms with Crippen LogP contribution in [0.4, 0.5) is 11.8 Å². The van der Waals surface area contributed by atoms with E-state index in [1.54, 1.807) is 11.3 Å². The van der Waals surface area contributed by atoms with Gasteiger partial charge >= 0.3 is 5.97 Å². The van der Waals surface area contributed by atoms with Crippen molar-refractivity contribution in [1.29, 1.82) is 0 Å². The largest absolute Gasteiger partial charge is 0.466 e. The monoisotopic (exact) mass is 397 g/mol. The molecule has 0 spiro atoms. The number of aromatic nitrogens is 3. The third-order valence-electron chi connectivity index (χ3n) is 5.02. The van der Waals surface area contributed by atoms with E-state index in [-0.39, 0.29) is 18.0 Å². The summed E-state index contributed by atoms with van der Waals surface area (Å²) in [4.78, 5) is 24.7. The average Bonchev–Trinajstić information content (AvgIpc) is 3.25. The van der Waals surface area contributed by atoms with Crippen LogP contribution in [0.5, 0.6) is 0 Å². The van der Waals surface area contributed by atoms with Crippen molar-refractivity contribution < 1.29 is 9.53 Å². The summed E-state index contributed by atoms with van der Waals surface area (Å²) in [5.41, 5.74) is 8.60. The molecular formula is C20H23N5O2S. The van der Waals surface area contributed by atoms with Crippen molar-refractivity contribution in [3.8, 4) is 10.6 Å². The molecule has 1 fully saturated rings. The molecule has 0 aliphatic heterocycles. The molecule has 1 aromatic carbocycles. The molecule has 2 atom stereocenters. The van der Waals surface area contributed by atoms with Crippen LogP contribution >= 0.6 is 11.3 Å². The minimum absolute atomic E-state index is 0.228. The lowest BCUT2D eigenvalue weighted by molar-refractivity contribution is -0.142. The number of ether oxygens (including phenoxy) is 1. The van der Waals surface area contributed by atoms with Gasteiger partial charge in [-0.2, -0.15) is 4.98 Å². The van der Waals surface area contributed by atoms with Gasteiger partial charge in [-0.05, 0) is 44.2 Å². The van der Waals surface area contributed by atoms with Crippen molar-refractivity contribution in [3.05, 3.63) is 30.0 Å². The number of carbonyl (C=O) groups excluding carboxylic acids is 1. The molecule has 1 aliphatic rings. The lowest BCUT2D eigenvalue weighted by atomic mass is 10.1. The van der Waals surface area contributed by atoms with Crippen LogP contribution < -0.4 is 11.1 Å². The maximum absolute atomic E-state index is 11.0. The predicted molar refractivity (Wildman–Crippen MR) is 111 cm³/mol. The first kappa shape index (κ1) is 18.6. The molecule has 146 valence electrons. The van der Waals surface area contributed by atoms with Crippen molar-refractivity contribution in [2.24, 2.45) is 5.92 Å². The number of nitrogens with zero attached hydrogens (tertiary/aromatic N) is 3. The lowest BCUT2D eigenvalue weighted by Gasteiger charge is -2.17. The molecule has 3 N–H and O–H groups in total. The Hall–Kier alpha value is -2.74. The van der Waals surface area contributed by atoms with Crippen LogP contribution in [0, 0.1) is 12.8 Å².